The van der Waals surface area contributed by atoms with E-state index in [1.807, 2.05) is 25.1 Å². The zero-order valence-corrected chi connectivity index (χ0v) is 19.7. The second kappa shape index (κ2) is 14.0. The van der Waals surface area contributed by atoms with E-state index in [1.54, 1.807) is 14.2 Å². The molecule has 0 aromatic heterocycles. The zero-order chi connectivity index (χ0) is 19.4. The molecule has 2 N–H and O–H groups in total. The highest BCUT2D eigenvalue weighted by atomic mass is 127. The monoisotopic (exact) mass is 513 g/mol. The number of ether oxygens (including phenoxy) is 2. The van der Waals surface area contributed by atoms with Crippen molar-refractivity contribution >= 4 is 39.8 Å². The molecular weight excluding hydrogens is 481 g/mol. The van der Waals surface area contributed by atoms with Gasteiger partial charge in [0.05, 0.1) is 12.4 Å². The van der Waals surface area contributed by atoms with Crippen molar-refractivity contribution in [2.45, 2.75) is 26.3 Å². The largest absolute Gasteiger partial charge is 0.493 e. The minimum atomic E-state index is -2.93. The van der Waals surface area contributed by atoms with E-state index in [2.05, 4.69) is 15.6 Å². The topological polar surface area (TPSA) is 89.0 Å². The van der Waals surface area contributed by atoms with Crippen LogP contribution in [0.25, 0.3) is 0 Å². The number of nitrogens with one attached hydrogen (secondary N) is 2. The zero-order valence-electron chi connectivity index (χ0n) is 16.6. The Hall–Kier alpha value is -1.07. The SMILES string of the molecule is CN=C(NCCCS(C)(=O)=O)NCc1ccc(C)cc1OCCCOC.I. The molecule has 0 spiro atoms. The number of benzene rings is 1. The molecule has 0 atom stereocenters. The van der Waals surface area contributed by atoms with Crippen LogP contribution in [0.5, 0.6) is 5.75 Å². The van der Waals surface area contributed by atoms with Gasteiger partial charge in [-0.15, -0.1) is 24.0 Å². The first-order valence-corrected chi connectivity index (χ1v) is 10.8. The normalized spacial score (nSPS) is 11.6. The lowest BCUT2D eigenvalue weighted by molar-refractivity contribution is 0.171. The average molecular weight is 513 g/mol. The Morgan fingerprint density at radius 3 is 2.56 bits per heavy atom. The van der Waals surface area contributed by atoms with Gasteiger partial charge in [0, 0.05) is 52.1 Å². The molecule has 0 aliphatic carbocycles. The molecule has 0 radical (unpaired) electrons. The Morgan fingerprint density at radius 1 is 1.19 bits per heavy atom. The number of rotatable bonds is 11. The summed E-state index contributed by atoms with van der Waals surface area (Å²) in [6.07, 6.45) is 2.62. The molecule has 156 valence electrons. The lowest BCUT2D eigenvalue weighted by Crippen LogP contribution is -2.37. The van der Waals surface area contributed by atoms with E-state index in [-0.39, 0.29) is 29.7 Å². The van der Waals surface area contributed by atoms with Crippen LogP contribution in [0.4, 0.5) is 0 Å². The second-order valence-corrected chi connectivity index (χ2v) is 8.40. The Bertz CT molecular complexity index is 681. The predicted octanol–water partition coefficient (Wildman–Crippen LogP) is 2.13. The molecule has 7 nitrogen and oxygen atoms in total. The number of nitrogens with zero attached hydrogens (tertiary/aromatic N) is 1. The van der Waals surface area contributed by atoms with Crippen LogP contribution in [0.15, 0.2) is 23.2 Å². The highest BCUT2D eigenvalue weighted by Crippen LogP contribution is 2.20. The van der Waals surface area contributed by atoms with Gasteiger partial charge in [0.1, 0.15) is 15.6 Å². The van der Waals surface area contributed by atoms with Crippen LogP contribution in [0.3, 0.4) is 0 Å². The lowest BCUT2D eigenvalue weighted by atomic mass is 10.1. The van der Waals surface area contributed by atoms with E-state index in [1.165, 1.54) is 6.26 Å². The number of sulfone groups is 1. The van der Waals surface area contributed by atoms with Gasteiger partial charge in [-0.25, -0.2) is 8.42 Å². The van der Waals surface area contributed by atoms with E-state index >= 15 is 0 Å². The molecule has 0 aliphatic rings. The van der Waals surface area contributed by atoms with Crippen LogP contribution in [0, 0.1) is 6.92 Å². The first-order chi connectivity index (χ1) is 12.4. The van der Waals surface area contributed by atoms with Gasteiger partial charge in [-0.3, -0.25) is 4.99 Å². The molecule has 0 saturated heterocycles. The molecule has 1 aromatic carbocycles. The van der Waals surface area contributed by atoms with Crippen molar-refractivity contribution < 1.29 is 17.9 Å². The summed E-state index contributed by atoms with van der Waals surface area (Å²) in [4.78, 5) is 4.16. The number of hydrogen-bond acceptors (Lipinski definition) is 5. The summed E-state index contributed by atoms with van der Waals surface area (Å²) in [7, 11) is 0.428. The summed E-state index contributed by atoms with van der Waals surface area (Å²) in [5.74, 6) is 1.64. The van der Waals surface area contributed by atoms with Gasteiger partial charge in [-0.1, -0.05) is 12.1 Å². The third-order valence-corrected chi connectivity index (χ3v) is 4.66. The number of aryl methyl sites for hydroxylation is 1. The third kappa shape index (κ3) is 12.1. The fraction of sp³-hybridized carbons (Fsp3) is 0.611. The van der Waals surface area contributed by atoms with Crippen molar-refractivity contribution in [2.75, 3.05) is 45.9 Å². The highest BCUT2D eigenvalue weighted by Gasteiger charge is 2.07. The van der Waals surface area contributed by atoms with E-state index in [4.69, 9.17) is 9.47 Å². The summed E-state index contributed by atoms with van der Waals surface area (Å²) in [5, 5.41) is 6.35. The highest BCUT2D eigenvalue weighted by molar-refractivity contribution is 14.0. The molecule has 0 aliphatic heterocycles. The number of aliphatic imine (C=N–C) groups is 1. The summed E-state index contributed by atoms with van der Waals surface area (Å²) in [5.41, 5.74) is 2.17. The molecule has 0 heterocycles. The quantitative estimate of drug-likeness (QED) is 0.204. The van der Waals surface area contributed by atoms with Gasteiger partial charge >= 0.3 is 0 Å². The second-order valence-electron chi connectivity index (χ2n) is 6.14. The maximum Gasteiger partial charge on any atom is 0.191 e. The summed E-state index contributed by atoms with van der Waals surface area (Å²) in [6.45, 7) is 4.40. The molecule has 9 heteroatoms. The minimum Gasteiger partial charge on any atom is -0.493 e. The van der Waals surface area contributed by atoms with E-state index in [9.17, 15) is 8.42 Å². The first-order valence-electron chi connectivity index (χ1n) is 8.69. The Labute approximate surface area is 180 Å². The fourth-order valence-corrected chi connectivity index (χ4v) is 2.94. The number of methoxy groups -OCH3 is 1. The van der Waals surface area contributed by atoms with Crippen molar-refractivity contribution in [3.05, 3.63) is 29.3 Å². The van der Waals surface area contributed by atoms with E-state index in [0.717, 1.165) is 23.3 Å². The Balaban J connectivity index is 0.00000676. The van der Waals surface area contributed by atoms with Crippen LogP contribution in [-0.4, -0.2) is 60.3 Å². The molecular formula is C18H32IN3O4S. The van der Waals surface area contributed by atoms with Gasteiger partial charge in [-0.2, -0.15) is 0 Å². The molecule has 1 rings (SSSR count). The molecule has 0 unspecified atom stereocenters. The molecule has 0 fully saturated rings. The molecule has 0 bridgehead atoms. The van der Waals surface area contributed by atoms with Crippen LogP contribution in [-0.2, 0) is 21.1 Å². The lowest BCUT2D eigenvalue weighted by Gasteiger charge is -2.15. The smallest absolute Gasteiger partial charge is 0.191 e. The summed E-state index contributed by atoms with van der Waals surface area (Å²) >= 11 is 0. The first kappa shape index (κ1) is 25.9. The number of hydrogen-bond donors (Lipinski definition) is 2. The van der Waals surface area contributed by atoms with E-state index in [0.29, 0.717) is 38.7 Å². The molecule has 0 amide bonds. The van der Waals surface area contributed by atoms with Crippen LogP contribution in [0.1, 0.15) is 24.0 Å². The van der Waals surface area contributed by atoms with Crippen molar-refractivity contribution in [3.63, 3.8) is 0 Å². The fourth-order valence-electron chi connectivity index (χ4n) is 2.27. The number of halogens is 1. The third-order valence-electron chi connectivity index (χ3n) is 3.63. The number of guanidine groups is 1. The predicted molar refractivity (Wildman–Crippen MR) is 121 cm³/mol. The molecule has 27 heavy (non-hydrogen) atoms. The minimum absolute atomic E-state index is 0. The van der Waals surface area contributed by atoms with Crippen molar-refractivity contribution in [2.24, 2.45) is 4.99 Å². The van der Waals surface area contributed by atoms with Crippen molar-refractivity contribution in [1.82, 2.24) is 10.6 Å². The summed E-state index contributed by atoms with van der Waals surface area (Å²) in [6, 6.07) is 6.10. The van der Waals surface area contributed by atoms with E-state index < -0.39 is 9.84 Å². The van der Waals surface area contributed by atoms with Gasteiger partial charge in [0.25, 0.3) is 0 Å². The Morgan fingerprint density at radius 2 is 1.93 bits per heavy atom. The van der Waals surface area contributed by atoms with Crippen molar-refractivity contribution in [1.29, 1.82) is 0 Å². The average Bonchev–Trinajstić information content (AvgIpc) is 2.58. The summed E-state index contributed by atoms with van der Waals surface area (Å²) < 4.78 is 33.2. The van der Waals surface area contributed by atoms with Crippen LogP contribution < -0.4 is 15.4 Å². The standard InChI is InChI=1S/C18H31N3O4S.HI/c1-15-7-8-16(17(13-15)25-11-6-10-24-3)14-21-18(19-2)20-9-5-12-26(4,22)23;/h7-8,13H,5-6,9-12,14H2,1-4H3,(H2,19,20,21);1H. The maximum absolute atomic E-state index is 11.2. The molecule has 0 saturated carbocycles. The van der Waals surface area contributed by atoms with Gasteiger partial charge in [0.2, 0.25) is 0 Å². The van der Waals surface area contributed by atoms with Gasteiger partial charge < -0.3 is 20.1 Å². The van der Waals surface area contributed by atoms with Crippen molar-refractivity contribution in [3.8, 4) is 5.75 Å². The van der Waals surface area contributed by atoms with Crippen LogP contribution in [0.2, 0.25) is 0 Å². The van der Waals surface area contributed by atoms with Gasteiger partial charge in [-0.05, 0) is 25.0 Å². The Kier molecular flexibility index (Phi) is 13.4. The maximum atomic E-state index is 11.2. The molecule has 1 aromatic rings. The van der Waals surface area contributed by atoms with Crippen LogP contribution >= 0.6 is 24.0 Å². The van der Waals surface area contributed by atoms with Gasteiger partial charge in [0.15, 0.2) is 5.96 Å².